The van der Waals surface area contributed by atoms with Gasteiger partial charge in [0.05, 0.1) is 13.2 Å². The Bertz CT molecular complexity index is 559. The van der Waals surface area contributed by atoms with Gasteiger partial charge in [-0.1, -0.05) is 13.0 Å². The van der Waals surface area contributed by atoms with Crippen molar-refractivity contribution in [2.45, 2.75) is 65.6 Å². The summed E-state index contributed by atoms with van der Waals surface area (Å²) in [6, 6.07) is 5.08. The molecule has 2 heterocycles. The molecule has 1 aromatic heterocycles. The summed E-state index contributed by atoms with van der Waals surface area (Å²) in [5.74, 6) is 1.57. The van der Waals surface area contributed by atoms with Crippen LogP contribution in [0.3, 0.4) is 0 Å². The fraction of sp³-hybridized carbons (Fsp3) is 0.700. The molecular formula is C20H36IN5O. The van der Waals surface area contributed by atoms with Crippen LogP contribution in [0.1, 0.15) is 52.5 Å². The summed E-state index contributed by atoms with van der Waals surface area (Å²) < 4.78 is 5.74. The molecule has 2 N–H and O–H groups in total. The third-order valence-electron chi connectivity index (χ3n) is 4.65. The van der Waals surface area contributed by atoms with E-state index in [0.717, 1.165) is 50.4 Å². The van der Waals surface area contributed by atoms with Crippen molar-refractivity contribution in [3.8, 4) is 5.88 Å². The average molecular weight is 489 g/mol. The molecule has 1 aliphatic rings. The van der Waals surface area contributed by atoms with Crippen molar-refractivity contribution in [2.24, 2.45) is 4.99 Å². The molecule has 2 rings (SSSR count). The van der Waals surface area contributed by atoms with E-state index in [4.69, 9.17) is 9.73 Å². The molecule has 1 fully saturated rings. The second kappa shape index (κ2) is 13.1. The molecule has 154 valence electrons. The first-order valence-corrected chi connectivity index (χ1v) is 9.99. The van der Waals surface area contributed by atoms with Gasteiger partial charge in [0, 0.05) is 43.5 Å². The van der Waals surface area contributed by atoms with Crippen LogP contribution in [0.2, 0.25) is 0 Å². The molecule has 0 spiro atoms. The number of piperidine rings is 1. The van der Waals surface area contributed by atoms with Crippen LogP contribution in [0, 0.1) is 0 Å². The molecule has 0 amide bonds. The highest BCUT2D eigenvalue weighted by molar-refractivity contribution is 14.0. The Morgan fingerprint density at radius 2 is 2.07 bits per heavy atom. The zero-order chi connectivity index (χ0) is 18.8. The summed E-state index contributed by atoms with van der Waals surface area (Å²) >= 11 is 0. The summed E-state index contributed by atoms with van der Waals surface area (Å²) in [6.07, 6.45) is 5.05. The molecule has 0 aliphatic carbocycles. The van der Waals surface area contributed by atoms with Crippen molar-refractivity contribution in [1.82, 2.24) is 20.5 Å². The van der Waals surface area contributed by atoms with Crippen molar-refractivity contribution in [3.05, 3.63) is 23.9 Å². The Hall–Kier alpha value is -1.09. The van der Waals surface area contributed by atoms with Gasteiger partial charge in [0.2, 0.25) is 5.88 Å². The van der Waals surface area contributed by atoms with Gasteiger partial charge in [-0.25, -0.2) is 9.98 Å². The standard InChI is InChI=1S/C20H35N5O.HI/c1-5-14-26-19-17(8-7-11-22-19)15-23-20(21-6-2)24-18-9-12-25(13-10-18)16(3)4;/h7-8,11,16,18H,5-6,9-10,12-15H2,1-4H3,(H2,21,23,24);1H. The molecule has 7 heteroatoms. The molecule has 0 atom stereocenters. The first-order chi connectivity index (χ1) is 12.6. The zero-order valence-electron chi connectivity index (χ0n) is 17.2. The Morgan fingerprint density at radius 3 is 2.70 bits per heavy atom. The van der Waals surface area contributed by atoms with E-state index in [1.54, 1.807) is 6.20 Å². The highest BCUT2D eigenvalue weighted by Gasteiger charge is 2.21. The highest BCUT2D eigenvalue weighted by atomic mass is 127. The number of halogens is 1. The van der Waals surface area contributed by atoms with E-state index >= 15 is 0 Å². The van der Waals surface area contributed by atoms with Crippen LogP contribution in [0.4, 0.5) is 0 Å². The normalized spacial score (nSPS) is 16.1. The molecule has 1 aliphatic heterocycles. The lowest BCUT2D eigenvalue weighted by molar-refractivity contribution is 0.167. The van der Waals surface area contributed by atoms with Crippen LogP contribution < -0.4 is 15.4 Å². The van der Waals surface area contributed by atoms with Crippen molar-refractivity contribution >= 4 is 29.9 Å². The summed E-state index contributed by atoms with van der Waals surface area (Å²) in [4.78, 5) is 11.6. The lowest BCUT2D eigenvalue weighted by atomic mass is 10.0. The van der Waals surface area contributed by atoms with Crippen LogP contribution in [0.15, 0.2) is 23.3 Å². The van der Waals surface area contributed by atoms with Crippen molar-refractivity contribution < 1.29 is 4.74 Å². The van der Waals surface area contributed by atoms with Gasteiger partial charge in [0.1, 0.15) is 0 Å². The molecule has 1 saturated heterocycles. The predicted octanol–water partition coefficient (Wildman–Crippen LogP) is 3.42. The largest absolute Gasteiger partial charge is 0.477 e. The van der Waals surface area contributed by atoms with Gasteiger partial charge in [-0.2, -0.15) is 0 Å². The number of ether oxygens (including phenoxy) is 1. The monoisotopic (exact) mass is 489 g/mol. The number of likely N-dealkylation sites (tertiary alicyclic amines) is 1. The third kappa shape index (κ3) is 8.21. The highest BCUT2D eigenvalue weighted by Crippen LogP contribution is 2.16. The number of nitrogens with zero attached hydrogens (tertiary/aromatic N) is 3. The molecular weight excluding hydrogens is 453 g/mol. The Balaban J connectivity index is 0.00000364. The van der Waals surface area contributed by atoms with Crippen LogP contribution in [-0.4, -0.2) is 54.2 Å². The molecule has 0 aromatic carbocycles. The first-order valence-electron chi connectivity index (χ1n) is 9.99. The number of aliphatic imine (C=N–C) groups is 1. The fourth-order valence-electron chi connectivity index (χ4n) is 3.11. The predicted molar refractivity (Wildman–Crippen MR) is 123 cm³/mol. The Morgan fingerprint density at radius 1 is 1.33 bits per heavy atom. The second-order valence-corrected chi connectivity index (χ2v) is 7.06. The fourth-order valence-corrected chi connectivity index (χ4v) is 3.11. The first kappa shape index (κ1) is 23.9. The number of hydrogen-bond donors (Lipinski definition) is 2. The van der Waals surface area contributed by atoms with Crippen molar-refractivity contribution in [3.63, 3.8) is 0 Å². The smallest absolute Gasteiger partial charge is 0.218 e. The van der Waals surface area contributed by atoms with Gasteiger partial charge >= 0.3 is 0 Å². The van der Waals surface area contributed by atoms with Crippen molar-refractivity contribution in [2.75, 3.05) is 26.2 Å². The number of pyridine rings is 1. The zero-order valence-corrected chi connectivity index (χ0v) is 19.5. The molecule has 0 saturated carbocycles. The number of guanidine groups is 1. The summed E-state index contributed by atoms with van der Waals surface area (Å²) in [6.45, 7) is 13.1. The van der Waals surface area contributed by atoms with Crippen LogP contribution in [-0.2, 0) is 6.54 Å². The molecule has 0 radical (unpaired) electrons. The number of nitrogens with one attached hydrogen (secondary N) is 2. The Kier molecular flexibility index (Phi) is 11.7. The Labute approximate surface area is 181 Å². The molecule has 27 heavy (non-hydrogen) atoms. The van der Waals surface area contributed by atoms with E-state index in [2.05, 4.69) is 48.2 Å². The van der Waals surface area contributed by atoms with E-state index < -0.39 is 0 Å². The topological polar surface area (TPSA) is 61.8 Å². The quantitative estimate of drug-likeness (QED) is 0.333. The lowest BCUT2D eigenvalue weighted by Crippen LogP contribution is -2.49. The van der Waals surface area contributed by atoms with Gasteiger partial charge in [-0.15, -0.1) is 24.0 Å². The molecule has 6 nitrogen and oxygen atoms in total. The minimum atomic E-state index is 0. The van der Waals surface area contributed by atoms with Gasteiger partial charge in [0.15, 0.2) is 5.96 Å². The van der Waals surface area contributed by atoms with E-state index in [1.165, 1.54) is 0 Å². The van der Waals surface area contributed by atoms with Gasteiger partial charge < -0.3 is 20.3 Å². The maximum absolute atomic E-state index is 5.74. The minimum absolute atomic E-state index is 0. The number of hydrogen-bond acceptors (Lipinski definition) is 4. The summed E-state index contributed by atoms with van der Waals surface area (Å²) in [5.41, 5.74) is 1.02. The third-order valence-corrected chi connectivity index (χ3v) is 4.65. The SMILES string of the molecule is CCCOc1ncccc1CN=C(NCC)NC1CCN(C(C)C)CC1.I. The lowest BCUT2D eigenvalue weighted by Gasteiger charge is -2.35. The van der Waals surface area contributed by atoms with E-state index in [-0.39, 0.29) is 24.0 Å². The number of rotatable bonds is 8. The maximum atomic E-state index is 5.74. The van der Waals surface area contributed by atoms with Crippen LogP contribution in [0.25, 0.3) is 0 Å². The van der Waals surface area contributed by atoms with Gasteiger partial charge in [-0.05, 0) is 46.1 Å². The van der Waals surface area contributed by atoms with Crippen LogP contribution >= 0.6 is 24.0 Å². The summed E-state index contributed by atoms with van der Waals surface area (Å²) in [5, 5.41) is 6.96. The molecule has 0 bridgehead atoms. The van der Waals surface area contributed by atoms with E-state index in [9.17, 15) is 0 Å². The molecule has 1 aromatic rings. The van der Waals surface area contributed by atoms with Gasteiger partial charge in [-0.3, -0.25) is 0 Å². The number of aromatic nitrogens is 1. The van der Waals surface area contributed by atoms with Crippen LogP contribution in [0.5, 0.6) is 5.88 Å². The second-order valence-electron chi connectivity index (χ2n) is 7.06. The molecule has 0 unspecified atom stereocenters. The minimum Gasteiger partial charge on any atom is -0.477 e. The van der Waals surface area contributed by atoms with E-state index in [1.807, 2.05) is 12.1 Å². The van der Waals surface area contributed by atoms with E-state index in [0.29, 0.717) is 31.1 Å². The van der Waals surface area contributed by atoms with Crippen molar-refractivity contribution in [1.29, 1.82) is 0 Å². The average Bonchev–Trinajstić information content (AvgIpc) is 2.65. The maximum Gasteiger partial charge on any atom is 0.218 e. The van der Waals surface area contributed by atoms with Gasteiger partial charge in [0.25, 0.3) is 0 Å². The summed E-state index contributed by atoms with van der Waals surface area (Å²) in [7, 11) is 0.